The maximum atomic E-state index is 11.6. The van der Waals surface area contributed by atoms with E-state index in [9.17, 15) is 4.79 Å². The van der Waals surface area contributed by atoms with Gasteiger partial charge in [-0.25, -0.2) is 0 Å². The summed E-state index contributed by atoms with van der Waals surface area (Å²) in [4.78, 5) is 13.3. The Morgan fingerprint density at radius 2 is 2.15 bits per heavy atom. The molecule has 0 spiro atoms. The van der Waals surface area contributed by atoms with E-state index in [1.54, 1.807) is 4.90 Å². The molecule has 3 heteroatoms. The van der Waals surface area contributed by atoms with Gasteiger partial charge in [-0.2, -0.15) is 0 Å². The smallest absolute Gasteiger partial charge is 0.248 e. The zero-order valence-electron chi connectivity index (χ0n) is 9.05. The van der Waals surface area contributed by atoms with Crippen LogP contribution in [0.1, 0.15) is 20.3 Å². The zero-order chi connectivity index (χ0) is 10.3. The molecule has 0 aromatic heterocycles. The number of hydrogen-bond acceptors (Lipinski definition) is 2. The molecule has 0 aromatic carbocycles. The summed E-state index contributed by atoms with van der Waals surface area (Å²) in [5.74, 6) is 0.122. The molecule has 3 nitrogen and oxygen atoms in total. The van der Waals surface area contributed by atoms with Crippen molar-refractivity contribution in [3.8, 4) is 0 Å². The third kappa shape index (κ3) is 4.68. The van der Waals surface area contributed by atoms with Gasteiger partial charge in [-0.05, 0) is 20.4 Å². The molecular formula is C10H20N2O. The number of rotatable bonds is 5. The average molecular weight is 184 g/mol. The number of carbonyl (C=O) groups is 1. The van der Waals surface area contributed by atoms with Gasteiger partial charge in [0, 0.05) is 25.7 Å². The van der Waals surface area contributed by atoms with Crippen LogP contribution in [0.4, 0.5) is 0 Å². The Bertz CT molecular complexity index is 187. The normalized spacial score (nSPS) is 11.5. The van der Waals surface area contributed by atoms with E-state index in [0.29, 0.717) is 0 Å². The van der Waals surface area contributed by atoms with E-state index >= 15 is 0 Å². The first-order valence-corrected chi connectivity index (χ1v) is 4.70. The van der Waals surface area contributed by atoms with E-state index in [4.69, 9.17) is 0 Å². The fourth-order valence-corrected chi connectivity index (χ4v) is 1.08. The van der Waals surface area contributed by atoms with Gasteiger partial charge >= 0.3 is 0 Å². The lowest BCUT2D eigenvalue weighted by Gasteiger charge is -2.16. The summed E-state index contributed by atoms with van der Waals surface area (Å²) in [6.07, 6.45) is 2.87. The molecule has 0 heterocycles. The summed E-state index contributed by atoms with van der Waals surface area (Å²) in [5.41, 5.74) is 0.834. The van der Waals surface area contributed by atoms with Crippen LogP contribution in [0.5, 0.6) is 0 Å². The van der Waals surface area contributed by atoms with Crippen molar-refractivity contribution in [1.82, 2.24) is 10.2 Å². The molecule has 0 unspecified atom stereocenters. The number of amides is 1. The van der Waals surface area contributed by atoms with Crippen molar-refractivity contribution in [3.63, 3.8) is 0 Å². The molecule has 13 heavy (non-hydrogen) atoms. The van der Waals surface area contributed by atoms with Gasteiger partial charge < -0.3 is 10.2 Å². The van der Waals surface area contributed by atoms with Crippen molar-refractivity contribution in [3.05, 3.63) is 11.6 Å². The van der Waals surface area contributed by atoms with Crippen LogP contribution in [0.2, 0.25) is 0 Å². The van der Waals surface area contributed by atoms with Crippen molar-refractivity contribution in [2.75, 3.05) is 27.2 Å². The molecule has 0 fully saturated rings. The average Bonchev–Trinajstić information content (AvgIpc) is 2.13. The van der Waals surface area contributed by atoms with E-state index in [1.165, 1.54) is 0 Å². The van der Waals surface area contributed by atoms with Crippen LogP contribution < -0.4 is 5.32 Å². The Morgan fingerprint density at radius 3 is 2.62 bits per heavy atom. The molecule has 0 saturated carbocycles. The lowest BCUT2D eigenvalue weighted by Crippen LogP contribution is -2.33. The van der Waals surface area contributed by atoms with Gasteiger partial charge in [0.2, 0.25) is 5.91 Å². The molecule has 0 radical (unpaired) electrons. The fourth-order valence-electron chi connectivity index (χ4n) is 1.08. The molecule has 0 aliphatic carbocycles. The van der Waals surface area contributed by atoms with E-state index < -0.39 is 0 Å². The number of likely N-dealkylation sites (N-methyl/N-ethyl adjacent to an activating group) is 2. The second kappa shape index (κ2) is 6.66. The minimum Gasteiger partial charge on any atom is -0.341 e. The third-order valence-corrected chi connectivity index (χ3v) is 1.89. The molecule has 0 aliphatic heterocycles. The second-order valence-electron chi connectivity index (χ2n) is 3.13. The molecule has 0 aliphatic rings. The molecule has 1 amide bonds. The summed E-state index contributed by atoms with van der Waals surface area (Å²) >= 11 is 0. The highest BCUT2D eigenvalue weighted by atomic mass is 16.2. The Hall–Kier alpha value is -0.830. The quantitative estimate of drug-likeness (QED) is 0.647. The molecule has 1 N–H and O–H groups in total. The van der Waals surface area contributed by atoms with Gasteiger partial charge in [-0.3, -0.25) is 4.79 Å². The molecule has 0 rings (SSSR count). The lowest BCUT2D eigenvalue weighted by atomic mass is 10.2. The summed E-state index contributed by atoms with van der Waals surface area (Å²) in [6.45, 7) is 5.48. The van der Waals surface area contributed by atoms with Crippen LogP contribution in [-0.2, 0) is 4.79 Å². The molecule has 0 bridgehead atoms. The topological polar surface area (TPSA) is 32.3 Å². The van der Waals surface area contributed by atoms with Crippen LogP contribution >= 0.6 is 0 Å². The summed E-state index contributed by atoms with van der Waals surface area (Å²) in [7, 11) is 3.71. The van der Waals surface area contributed by atoms with Gasteiger partial charge in [0.15, 0.2) is 0 Å². The minimum atomic E-state index is 0.122. The number of hydrogen-bond donors (Lipinski definition) is 1. The molecule has 0 aromatic rings. The number of nitrogens with zero attached hydrogens (tertiary/aromatic N) is 1. The van der Waals surface area contributed by atoms with Gasteiger partial charge in [0.05, 0.1) is 0 Å². The number of carbonyl (C=O) groups excluding carboxylic acids is 1. The Labute approximate surface area is 80.8 Å². The Morgan fingerprint density at radius 1 is 1.54 bits per heavy atom. The molecular weight excluding hydrogens is 164 g/mol. The first-order chi connectivity index (χ1) is 6.13. The largest absolute Gasteiger partial charge is 0.341 e. The SMILES string of the molecule is CCC=C(C)C(=O)N(C)CCNC. The lowest BCUT2D eigenvalue weighted by molar-refractivity contribution is -0.125. The first-order valence-electron chi connectivity index (χ1n) is 4.70. The highest BCUT2D eigenvalue weighted by Gasteiger charge is 2.08. The van der Waals surface area contributed by atoms with Crippen LogP contribution in [-0.4, -0.2) is 38.0 Å². The zero-order valence-corrected chi connectivity index (χ0v) is 9.05. The molecule has 76 valence electrons. The van der Waals surface area contributed by atoms with Crippen molar-refractivity contribution in [1.29, 1.82) is 0 Å². The van der Waals surface area contributed by atoms with Crippen LogP contribution in [0.15, 0.2) is 11.6 Å². The standard InChI is InChI=1S/C10H20N2O/c1-5-6-9(2)10(13)12(4)8-7-11-3/h6,11H,5,7-8H2,1-4H3. The van der Waals surface area contributed by atoms with Crippen LogP contribution in [0.25, 0.3) is 0 Å². The predicted molar refractivity (Wildman–Crippen MR) is 55.6 cm³/mol. The van der Waals surface area contributed by atoms with Crippen molar-refractivity contribution >= 4 is 5.91 Å². The first kappa shape index (κ1) is 12.2. The minimum absolute atomic E-state index is 0.122. The Kier molecular flexibility index (Phi) is 6.24. The summed E-state index contributed by atoms with van der Waals surface area (Å²) in [5, 5.41) is 3.01. The van der Waals surface area contributed by atoms with Gasteiger partial charge in [0.25, 0.3) is 0 Å². The Balaban J connectivity index is 4.01. The fraction of sp³-hybridized carbons (Fsp3) is 0.700. The summed E-state index contributed by atoms with van der Waals surface area (Å²) in [6, 6.07) is 0. The maximum absolute atomic E-state index is 11.6. The van der Waals surface area contributed by atoms with E-state index in [-0.39, 0.29) is 5.91 Å². The van der Waals surface area contributed by atoms with Crippen molar-refractivity contribution in [2.24, 2.45) is 0 Å². The highest BCUT2D eigenvalue weighted by molar-refractivity contribution is 5.92. The number of nitrogens with one attached hydrogen (secondary N) is 1. The van der Waals surface area contributed by atoms with Crippen LogP contribution in [0.3, 0.4) is 0 Å². The van der Waals surface area contributed by atoms with E-state index in [1.807, 2.05) is 34.0 Å². The molecule has 0 saturated heterocycles. The van der Waals surface area contributed by atoms with Crippen molar-refractivity contribution in [2.45, 2.75) is 20.3 Å². The third-order valence-electron chi connectivity index (χ3n) is 1.89. The monoisotopic (exact) mass is 184 g/mol. The molecule has 0 atom stereocenters. The van der Waals surface area contributed by atoms with Crippen LogP contribution in [0, 0.1) is 0 Å². The number of allylic oxidation sites excluding steroid dienone is 1. The van der Waals surface area contributed by atoms with E-state index in [0.717, 1.165) is 25.1 Å². The maximum Gasteiger partial charge on any atom is 0.248 e. The van der Waals surface area contributed by atoms with Gasteiger partial charge in [-0.1, -0.05) is 13.0 Å². The second-order valence-corrected chi connectivity index (χ2v) is 3.13. The van der Waals surface area contributed by atoms with E-state index in [2.05, 4.69) is 5.32 Å². The highest BCUT2D eigenvalue weighted by Crippen LogP contribution is 1.99. The van der Waals surface area contributed by atoms with Gasteiger partial charge in [0.1, 0.15) is 0 Å². The van der Waals surface area contributed by atoms with Gasteiger partial charge in [-0.15, -0.1) is 0 Å². The predicted octanol–water partition coefficient (Wildman–Crippen LogP) is 1.02. The van der Waals surface area contributed by atoms with Crippen molar-refractivity contribution < 1.29 is 4.79 Å². The summed E-state index contributed by atoms with van der Waals surface area (Å²) < 4.78 is 0.